The van der Waals surface area contributed by atoms with Gasteiger partial charge in [0.1, 0.15) is 6.61 Å². The molecule has 0 saturated carbocycles. The van der Waals surface area contributed by atoms with E-state index in [0.717, 1.165) is 0 Å². The van der Waals surface area contributed by atoms with Gasteiger partial charge in [-0.25, -0.2) is 13.2 Å². The number of rotatable bonds is 15. The van der Waals surface area contributed by atoms with Crippen molar-refractivity contribution in [2.75, 3.05) is 19.7 Å². The van der Waals surface area contributed by atoms with E-state index in [-0.39, 0.29) is 6.42 Å². The summed E-state index contributed by atoms with van der Waals surface area (Å²) in [6.07, 6.45) is -8.27. The number of hydrogen-bond donors (Lipinski definition) is 0. The number of halogens is 17. The molecule has 0 amide bonds. The summed E-state index contributed by atoms with van der Waals surface area (Å²) in [6, 6.07) is 0. The third-order valence-corrected chi connectivity index (χ3v) is 6.82. The van der Waals surface area contributed by atoms with Gasteiger partial charge in [-0.15, -0.1) is 0 Å². The summed E-state index contributed by atoms with van der Waals surface area (Å²) < 4.78 is 256. The van der Waals surface area contributed by atoms with Crippen LogP contribution in [0.25, 0.3) is 0 Å². The molecule has 0 aliphatic carbocycles. The summed E-state index contributed by atoms with van der Waals surface area (Å²) in [7, 11) is -7.45. The first-order valence-corrected chi connectivity index (χ1v) is 11.4. The van der Waals surface area contributed by atoms with Crippen LogP contribution in [0.1, 0.15) is 19.8 Å². The van der Waals surface area contributed by atoms with Crippen molar-refractivity contribution in [3.05, 3.63) is 12.7 Å². The maximum atomic E-state index is 14.4. The van der Waals surface area contributed by atoms with Crippen molar-refractivity contribution in [1.29, 1.82) is 0 Å². The maximum Gasteiger partial charge on any atom is 0.460 e. The zero-order valence-corrected chi connectivity index (χ0v) is 20.1. The lowest BCUT2D eigenvalue weighted by atomic mass is 9.91. The summed E-state index contributed by atoms with van der Waals surface area (Å²) in [5.74, 6) is -53.4. The number of sulfonamides is 1. The van der Waals surface area contributed by atoms with Gasteiger partial charge >= 0.3 is 52.9 Å². The highest BCUT2D eigenvalue weighted by molar-refractivity contribution is 7.90. The van der Waals surface area contributed by atoms with Gasteiger partial charge in [0.2, 0.25) is 0 Å². The van der Waals surface area contributed by atoms with Gasteiger partial charge < -0.3 is 4.74 Å². The predicted octanol–water partition coefficient (Wildman–Crippen LogP) is 6.11. The van der Waals surface area contributed by atoms with Crippen LogP contribution in [0, 0.1) is 0 Å². The first-order chi connectivity index (χ1) is 17.4. The van der Waals surface area contributed by atoms with E-state index in [1.54, 1.807) is 0 Å². The monoisotopic (exact) mass is 653 g/mol. The quantitative estimate of drug-likeness (QED) is 0.122. The number of esters is 1. The molecule has 238 valence electrons. The van der Waals surface area contributed by atoms with Crippen molar-refractivity contribution < 1.29 is 92.6 Å². The van der Waals surface area contributed by atoms with E-state index in [1.807, 2.05) is 0 Å². The lowest BCUT2D eigenvalue weighted by Gasteiger charge is -2.43. The van der Waals surface area contributed by atoms with Crippen LogP contribution in [0.2, 0.25) is 0 Å². The molecule has 0 bridgehead atoms. The Labute approximate surface area is 212 Å². The molecule has 0 aliphatic rings. The number of nitrogens with zero attached hydrogens (tertiary/aromatic N) is 1. The lowest BCUT2D eigenvalue weighted by Crippen LogP contribution is -2.75. The Balaban J connectivity index is 6.92. The van der Waals surface area contributed by atoms with E-state index >= 15 is 0 Å². The Morgan fingerprint density at radius 2 is 1.07 bits per heavy atom. The number of ether oxygens (including phenoxy) is 1. The van der Waals surface area contributed by atoms with E-state index < -0.39 is 93.4 Å². The molecule has 0 fully saturated rings. The summed E-state index contributed by atoms with van der Waals surface area (Å²) in [5.41, 5.74) is 0. The fraction of sp³-hybridized carbons (Fsp3) is 0.824. The summed E-state index contributed by atoms with van der Waals surface area (Å²) in [5, 5.41) is -7.67. The van der Waals surface area contributed by atoms with Gasteiger partial charge in [-0.1, -0.05) is 19.9 Å². The summed E-state index contributed by atoms with van der Waals surface area (Å²) >= 11 is 0. The minimum absolute atomic E-state index is 0.177. The second kappa shape index (κ2) is 11.3. The molecule has 0 unspecified atom stereocenters. The Kier molecular flexibility index (Phi) is 10.7. The summed E-state index contributed by atoms with van der Waals surface area (Å²) in [4.78, 5) is 10.9. The normalized spacial score (nSPS) is 15.4. The summed E-state index contributed by atoms with van der Waals surface area (Å²) in [6.45, 7) is -0.236. The van der Waals surface area contributed by atoms with Crippen LogP contribution in [0.15, 0.2) is 12.7 Å². The molecule has 0 aromatic heterocycles. The van der Waals surface area contributed by atoms with Crippen LogP contribution < -0.4 is 0 Å². The van der Waals surface area contributed by atoms with Gasteiger partial charge in [0.15, 0.2) is 0 Å². The van der Waals surface area contributed by atoms with Gasteiger partial charge in [0.05, 0.1) is 0 Å². The zero-order valence-electron chi connectivity index (χ0n) is 19.2. The SMILES string of the molecule is C=CC(=O)OCCN(CCCC)S(=O)(=O)C(F)(F)C(F)(F)C(F)(F)C(F)(F)C(F)(F)C(F)(F)C(F)(F)C(F)(F)F. The van der Waals surface area contributed by atoms with Gasteiger partial charge in [-0.2, -0.15) is 78.9 Å². The lowest BCUT2D eigenvalue weighted by molar-refractivity contribution is -0.458. The maximum absolute atomic E-state index is 14.4. The molecule has 0 aromatic carbocycles. The molecule has 40 heavy (non-hydrogen) atoms. The average molecular weight is 653 g/mol. The van der Waals surface area contributed by atoms with Crippen LogP contribution in [0.3, 0.4) is 0 Å². The van der Waals surface area contributed by atoms with Gasteiger partial charge in [0.25, 0.3) is 10.0 Å². The fourth-order valence-electron chi connectivity index (χ4n) is 2.47. The van der Waals surface area contributed by atoms with Crippen molar-refractivity contribution in [2.24, 2.45) is 0 Å². The number of carbonyl (C=O) groups excluding carboxylic acids is 1. The van der Waals surface area contributed by atoms with Gasteiger partial charge in [-0.05, 0) is 6.42 Å². The molecule has 0 N–H and O–H groups in total. The minimum Gasteiger partial charge on any atom is -0.461 e. The number of carbonyl (C=O) groups is 1. The Morgan fingerprint density at radius 1 is 0.700 bits per heavy atom. The van der Waals surface area contributed by atoms with Crippen molar-refractivity contribution in [1.82, 2.24) is 4.31 Å². The Bertz CT molecular complexity index is 1020. The zero-order chi connectivity index (χ0) is 32.6. The Hall–Kier alpha value is -2.07. The van der Waals surface area contributed by atoms with E-state index in [9.17, 15) is 87.8 Å². The van der Waals surface area contributed by atoms with E-state index in [0.29, 0.717) is 6.08 Å². The van der Waals surface area contributed by atoms with E-state index in [1.165, 1.54) is 6.92 Å². The molecular weight excluding hydrogens is 637 g/mol. The average Bonchev–Trinajstić information content (AvgIpc) is 2.79. The fourth-order valence-corrected chi connectivity index (χ4v) is 3.93. The third-order valence-electron chi connectivity index (χ3n) is 4.87. The smallest absolute Gasteiger partial charge is 0.460 e. The van der Waals surface area contributed by atoms with Crippen LogP contribution >= 0.6 is 0 Å². The molecule has 0 spiro atoms. The standard InChI is InChI=1S/C17H16F17NO4S/c1-3-5-6-35(7-8-39-9(36)4-2)40(37,38)17(33,34)15(28,29)13(24,25)11(20,21)10(18,19)12(22,23)14(26,27)16(30,31)32/h4H,2-3,5-8H2,1H3. The highest BCUT2D eigenvalue weighted by atomic mass is 32.2. The molecule has 23 heteroatoms. The van der Waals surface area contributed by atoms with E-state index in [4.69, 9.17) is 0 Å². The highest BCUT2D eigenvalue weighted by Gasteiger charge is 2.96. The van der Waals surface area contributed by atoms with Crippen molar-refractivity contribution >= 4 is 16.0 Å². The first-order valence-electron chi connectivity index (χ1n) is 9.92. The minimum atomic E-state index is -8.91. The van der Waals surface area contributed by atoms with Gasteiger partial charge in [0, 0.05) is 19.2 Å². The Morgan fingerprint density at radius 3 is 1.43 bits per heavy atom. The molecule has 0 rings (SSSR count). The number of alkyl halides is 17. The molecule has 0 aliphatic heterocycles. The third kappa shape index (κ3) is 5.67. The molecular formula is C17H16F17NO4S. The van der Waals surface area contributed by atoms with Crippen LogP contribution in [-0.4, -0.2) is 85.4 Å². The van der Waals surface area contributed by atoms with Crippen molar-refractivity contribution in [3.8, 4) is 0 Å². The topological polar surface area (TPSA) is 63.7 Å². The molecule has 0 atom stereocenters. The molecule has 0 radical (unpaired) electrons. The molecule has 0 saturated heterocycles. The first kappa shape index (κ1) is 37.9. The second-order valence-corrected chi connectivity index (χ2v) is 9.57. The van der Waals surface area contributed by atoms with E-state index in [2.05, 4.69) is 11.3 Å². The van der Waals surface area contributed by atoms with Crippen molar-refractivity contribution in [2.45, 2.75) is 66.7 Å². The molecule has 5 nitrogen and oxygen atoms in total. The van der Waals surface area contributed by atoms with Crippen LogP contribution in [0.4, 0.5) is 74.6 Å². The number of hydrogen-bond acceptors (Lipinski definition) is 4. The van der Waals surface area contributed by atoms with Gasteiger partial charge in [-0.3, -0.25) is 0 Å². The molecule has 0 aromatic rings. The largest absolute Gasteiger partial charge is 0.461 e. The highest BCUT2D eigenvalue weighted by Crippen LogP contribution is 2.64. The molecule has 0 heterocycles. The van der Waals surface area contributed by atoms with Crippen molar-refractivity contribution in [3.63, 3.8) is 0 Å². The predicted molar refractivity (Wildman–Crippen MR) is 97.2 cm³/mol. The number of unbranched alkanes of at least 4 members (excludes halogenated alkanes) is 1. The van der Waals surface area contributed by atoms with Crippen LogP contribution in [-0.2, 0) is 19.6 Å². The van der Waals surface area contributed by atoms with Crippen LogP contribution in [0.5, 0.6) is 0 Å². The second-order valence-electron chi connectivity index (χ2n) is 7.59.